The molecule has 94 valence electrons. The highest BCUT2D eigenvalue weighted by Gasteiger charge is 2.19. The predicted molar refractivity (Wildman–Crippen MR) is 66.0 cm³/mol. The highest BCUT2D eigenvalue weighted by molar-refractivity contribution is 5.25. The van der Waals surface area contributed by atoms with Gasteiger partial charge >= 0.3 is 0 Å². The number of hydrogen-bond donors (Lipinski definition) is 3. The zero-order valence-electron chi connectivity index (χ0n) is 10.1. The molecule has 2 rings (SSSR count). The van der Waals surface area contributed by atoms with E-state index >= 15 is 0 Å². The van der Waals surface area contributed by atoms with Crippen LogP contribution in [0.4, 0.5) is 11.9 Å². The summed E-state index contributed by atoms with van der Waals surface area (Å²) in [6, 6.07) is 0.542. The van der Waals surface area contributed by atoms with E-state index in [1.807, 2.05) is 7.05 Å². The zero-order valence-corrected chi connectivity index (χ0v) is 10.1. The van der Waals surface area contributed by atoms with Gasteiger partial charge in [0.2, 0.25) is 11.9 Å². The molecule has 2 heterocycles. The third-order valence-corrected chi connectivity index (χ3v) is 3.00. The van der Waals surface area contributed by atoms with Gasteiger partial charge in [-0.05, 0) is 26.4 Å². The summed E-state index contributed by atoms with van der Waals surface area (Å²) in [5.41, 5.74) is 11.1. The van der Waals surface area contributed by atoms with Crippen molar-refractivity contribution in [3.05, 3.63) is 5.82 Å². The average Bonchev–Trinajstić information content (AvgIpc) is 2.28. The minimum Gasteiger partial charge on any atom is -0.368 e. The van der Waals surface area contributed by atoms with Crippen LogP contribution in [0.3, 0.4) is 0 Å². The van der Waals surface area contributed by atoms with Gasteiger partial charge in [-0.2, -0.15) is 15.0 Å². The van der Waals surface area contributed by atoms with Crippen molar-refractivity contribution in [2.24, 2.45) is 0 Å². The first-order valence-electron chi connectivity index (χ1n) is 5.83. The number of nitrogen functional groups attached to an aromatic ring is 2. The number of nitrogens with one attached hydrogen (secondary N) is 1. The van der Waals surface area contributed by atoms with E-state index in [4.69, 9.17) is 11.5 Å². The van der Waals surface area contributed by atoms with E-state index in [0.29, 0.717) is 18.4 Å². The molecule has 1 atom stereocenters. The number of aromatic nitrogens is 3. The average molecular weight is 237 g/mol. The van der Waals surface area contributed by atoms with Crippen molar-refractivity contribution in [2.45, 2.75) is 25.4 Å². The van der Waals surface area contributed by atoms with Gasteiger partial charge < -0.3 is 16.8 Å². The van der Waals surface area contributed by atoms with E-state index < -0.39 is 0 Å². The molecule has 1 aliphatic heterocycles. The van der Waals surface area contributed by atoms with E-state index in [0.717, 1.165) is 13.1 Å². The molecule has 0 aromatic carbocycles. The molecule has 1 aromatic heterocycles. The summed E-state index contributed by atoms with van der Waals surface area (Å²) in [5.74, 6) is 1.02. The van der Waals surface area contributed by atoms with E-state index in [1.54, 1.807) is 0 Å². The summed E-state index contributed by atoms with van der Waals surface area (Å²) in [6.07, 6.45) is 2.40. The highest BCUT2D eigenvalue weighted by atomic mass is 15.2. The molecule has 1 aromatic rings. The van der Waals surface area contributed by atoms with Crippen molar-refractivity contribution in [3.63, 3.8) is 0 Å². The molecule has 1 aliphatic rings. The van der Waals surface area contributed by atoms with Gasteiger partial charge in [0.1, 0.15) is 5.82 Å². The molecule has 1 fully saturated rings. The second-order valence-electron chi connectivity index (χ2n) is 4.33. The second kappa shape index (κ2) is 5.24. The molecule has 0 aliphatic carbocycles. The number of piperidine rings is 1. The summed E-state index contributed by atoms with van der Waals surface area (Å²) in [6.45, 7) is 2.74. The maximum Gasteiger partial charge on any atom is 0.225 e. The number of likely N-dealkylation sites (N-methyl/N-ethyl adjacent to an activating group) is 1. The predicted octanol–water partition coefficient (Wildman–Crippen LogP) is -0.780. The number of anilines is 2. The molecule has 0 radical (unpaired) electrons. The normalized spacial score (nSPS) is 21.6. The number of nitrogens with two attached hydrogens (primary N) is 2. The number of nitrogens with zero attached hydrogens (tertiary/aromatic N) is 4. The summed E-state index contributed by atoms with van der Waals surface area (Å²) in [7, 11) is 1.99. The SMILES string of the molecule is CNC1CCCN(Cc2nc(N)nc(N)n2)C1. The van der Waals surface area contributed by atoms with Crippen LogP contribution >= 0.6 is 0 Å². The standard InChI is InChI=1S/C10H19N7/c1-13-7-3-2-4-17(5-7)6-8-14-9(11)16-10(12)15-8/h7,13H,2-6H2,1H3,(H4,11,12,14,15,16). The van der Waals surface area contributed by atoms with Crippen LogP contribution in [0.25, 0.3) is 0 Å². The third kappa shape index (κ3) is 3.24. The molecule has 0 amide bonds. The molecule has 0 spiro atoms. The zero-order chi connectivity index (χ0) is 12.3. The van der Waals surface area contributed by atoms with Crippen LogP contribution in [0.1, 0.15) is 18.7 Å². The monoisotopic (exact) mass is 237 g/mol. The van der Waals surface area contributed by atoms with Crippen LogP contribution in [0, 0.1) is 0 Å². The maximum absolute atomic E-state index is 5.54. The van der Waals surface area contributed by atoms with Crippen LogP contribution in [0.5, 0.6) is 0 Å². The van der Waals surface area contributed by atoms with E-state index in [1.165, 1.54) is 12.8 Å². The van der Waals surface area contributed by atoms with Gasteiger partial charge in [0, 0.05) is 12.6 Å². The molecule has 1 unspecified atom stereocenters. The molecule has 1 saturated heterocycles. The Balaban J connectivity index is 2.00. The molecular formula is C10H19N7. The quantitative estimate of drug-likeness (QED) is 0.633. The van der Waals surface area contributed by atoms with Crippen LogP contribution < -0.4 is 16.8 Å². The second-order valence-corrected chi connectivity index (χ2v) is 4.33. The Hall–Kier alpha value is -1.47. The van der Waals surface area contributed by atoms with Crippen LogP contribution in [-0.2, 0) is 6.54 Å². The molecule has 0 saturated carbocycles. The van der Waals surface area contributed by atoms with Crippen LogP contribution in [0.2, 0.25) is 0 Å². The van der Waals surface area contributed by atoms with Crippen LogP contribution in [-0.4, -0.2) is 46.0 Å². The molecule has 0 bridgehead atoms. The Labute approximate surface area is 101 Å². The molecule has 17 heavy (non-hydrogen) atoms. The van der Waals surface area contributed by atoms with Gasteiger partial charge in [-0.15, -0.1) is 0 Å². The smallest absolute Gasteiger partial charge is 0.225 e. The van der Waals surface area contributed by atoms with Crippen molar-refractivity contribution >= 4 is 11.9 Å². The lowest BCUT2D eigenvalue weighted by atomic mass is 10.1. The fraction of sp³-hybridized carbons (Fsp3) is 0.700. The molecule has 7 nitrogen and oxygen atoms in total. The van der Waals surface area contributed by atoms with Gasteiger partial charge in [-0.1, -0.05) is 0 Å². The first-order chi connectivity index (χ1) is 8.17. The van der Waals surface area contributed by atoms with Gasteiger partial charge in [-0.3, -0.25) is 4.90 Å². The van der Waals surface area contributed by atoms with Crippen molar-refractivity contribution in [1.29, 1.82) is 0 Å². The number of rotatable bonds is 3. The van der Waals surface area contributed by atoms with E-state index in [9.17, 15) is 0 Å². The van der Waals surface area contributed by atoms with Crippen molar-refractivity contribution < 1.29 is 0 Å². The summed E-state index contributed by atoms with van der Waals surface area (Å²) >= 11 is 0. The van der Waals surface area contributed by atoms with Crippen LogP contribution in [0.15, 0.2) is 0 Å². The van der Waals surface area contributed by atoms with Gasteiger partial charge in [0.25, 0.3) is 0 Å². The summed E-state index contributed by atoms with van der Waals surface area (Å²) in [4.78, 5) is 14.3. The Morgan fingerprint density at radius 2 is 2.00 bits per heavy atom. The van der Waals surface area contributed by atoms with Gasteiger partial charge in [-0.25, -0.2) is 0 Å². The van der Waals surface area contributed by atoms with Crippen molar-refractivity contribution in [2.75, 3.05) is 31.6 Å². The Morgan fingerprint density at radius 3 is 2.65 bits per heavy atom. The van der Waals surface area contributed by atoms with Gasteiger partial charge in [0.15, 0.2) is 0 Å². The van der Waals surface area contributed by atoms with Gasteiger partial charge in [0.05, 0.1) is 6.54 Å². The number of likely N-dealkylation sites (tertiary alicyclic amines) is 1. The van der Waals surface area contributed by atoms with E-state index in [2.05, 4.69) is 25.2 Å². The Bertz CT molecular complexity index is 361. The first kappa shape index (κ1) is 12.0. The summed E-state index contributed by atoms with van der Waals surface area (Å²) < 4.78 is 0. The lowest BCUT2D eigenvalue weighted by Crippen LogP contribution is -2.44. The lowest BCUT2D eigenvalue weighted by molar-refractivity contribution is 0.184. The van der Waals surface area contributed by atoms with Crippen molar-refractivity contribution in [3.8, 4) is 0 Å². The fourth-order valence-corrected chi connectivity index (χ4v) is 2.16. The highest BCUT2D eigenvalue weighted by Crippen LogP contribution is 2.12. The van der Waals surface area contributed by atoms with Crippen molar-refractivity contribution in [1.82, 2.24) is 25.2 Å². The molecule has 7 heteroatoms. The first-order valence-corrected chi connectivity index (χ1v) is 5.83. The topological polar surface area (TPSA) is 106 Å². The third-order valence-electron chi connectivity index (χ3n) is 3.00. The Morgan fingerprint density at radius 1 is 1.29 bits per heavy atom. The fourth-order valence-electron chi connectivity index (χ4n) is 2.16. The largest absolute Gasteiger partial charge is 0.368 e. The Kier molecular flexibility index (Phi) is 3.70. The lowest BCUT2D eigenvalue weighted by Gasteiger charge is -2.31. The molecule has 5 N–H and O–H groups in total. The minimum absolute atomic E-state index is 0.190. The minimum atomic E-state index is 0.190. The molecular weight excluding hydrogens is 218 g/mol. The number of hydrogen-bond acceptors (Lipinski definition) is 7. The van der Waals surface area contributed by atoms with E-state index in [-0.39, 0.29) is 11.9 Å². The maximum atomic E-state index is 5.54. The summed E-state index contributed by atoms with van der Waals surface area (Å²) in [5, 5.41) is 3.30.